The van der Waals surface area contributed by atoms with Gasteiger partial charge in [-0.1, -0.05) is 56.6 Å². The number of halogens is 1. The van der Waals surface area contributed by atoms with Crippen molar-refractivity contribution in [2.75, 3.05) is 13.2 Å². The summed E-state index contributed by atoms with van der Waals surface area (Å²) >= 11 is 5.84. The molecule has 0 aromatic heterocycles. The Hall–Kier alpha value is -2.00. The number of hydrogen-bond donors (Lipinski definition) is 1. The SMILES string of the molecule is CC(C)(C)c1ccc(OCC(=O)NCCc2ccc(Cl)cc2)cc1. The molecule has 0 saturated carbocycles. The number of carbonyl (C=O) groups excluding carboxylic acids is 1. The second-order valence-electron chi connectivity index (χ2n) is 6.79. The Labute approximate surface area is 149 Å². The van der Waals surface area contributed by atoms with Crippen LogP contribution in [0.1, 0.15) is 31.9 Å². The van der Waals surface area contributed by atoms with E-state index < -0.39 is 0 Å². The smallest absolute Gasteiger partial charge is 0.257 e. The number of carbonyl (C=O) groups is 1. The van der Waals surface area contributed by atoms with Crippen molar-refractivity contribution >= 4 is 17.5 Å². The molecule has 0 atom stereocenters. The second-order valence-corrected chi connectivity index (χ2v) is 7.23. The van der Waals surface area contributed by atoms with Crippen LogP contribution in [0.25, 0.3) is 0 Å². The number of amides is 1. The molecule has 0 saturated heterocycles. The summed E-state index contributed by atoms with van der Waals surface area (Å²) in [6.45, 7) is 7.09. The van der Waals surface area contributed by atoms with Crippen LogP contribution in [0.15, 0.2) is 48.5 Å². The first kappa shape index (κ1) is 18.3. The van der Waals surface area contributed by atoms with Crippen LogP contribution in [-0.4, -0.2) is 19.1 Å². The lowest BCUT2D eigenvalue weighted by atomic mass is 9.87. The maximum absolute atomic E-state index is 11.8. The zero-order valence-electron chi connectivity index (χ0n) is 14.4. The van der Waals surface area contributed by atoms with E-state index in [1.807, 2.05) is 48.5 Å². The van der Waals surface area contributed by atoms with E-state index in [2.05, 4.69) is 26.1 Å². The summed E-state index contributed by atoms with van der Waals surface area (Å²) in [6.07, 6.45) is 0.767. The lowest BCUT2D eigenvalue weighted by Gasteiger charge is -2.19. The zero-order chi connectivity index (χ0) is 17.6. The van der Waals surface area contributed by atoms with Crippen LogP contribution in [0.4, 0.5) is 0 Å². The normalized spacial score (nSPS) is 11.2. The van der Waals surface area contributed by atoms with Crippen LogP contribution < -0.4 is 10.1 Å². The largest absolute Gasteiger partial charge is 0.484 e. The van der Waals surface area contributed by atoms with E-state index in [9.17, 15) is 4.79 Å². The van der Waals surface area contributed by atoms with Crippen LogP contribution >= 0.6 is 11.6 Å². The summed E-state index contributed by atoms with van der Waals surface area (Å²) in [5, 5.41) is 3.57. The maximum atomic E-state index is 11.8. The summed E-state index contributed by atoms with van der Waals surface area (Å²) in [4.78, 5) is 11.8. The fourth-order valence-electron chi connectivity index (χ4n) is 2.25. The molecular formula is C20H24ClNO2. The van der Waals surface area contributed by atoms with Crippen molar-refractivity contribution in [3.05, 3.63) is 64.7 Å². The van der Waals surface area contributed by atoms with Crippen molar-refractivity contribution in [1.82, 2.24) is 5.32 Å². The molecule has 24 heavy (non-hydrogen) atoms. The molecule has 4 heteroatoms. The number of rotatable bonds is 6. The highest BCUT2D eigenvalue weighted by Crippen LogP contribution is 2.24. The van der Waals surface area contributed by atoms with Crippen molar-refractivity contribution in [2.45, 2.75) is 32.6 Å². The highest BCUT2D eigenvalue weighted by atomic mass is 35.5. The first-order valence-corrected chi connectivity index (χ1v) is 8.47. The van der Waals surface area contributed by atoms with Crippen molar-refractivity contribution in [3.8, 4) is 5.75 Å². The minimum atomic E-state index is -0.121. The van der Waals surface area contributed by atoms with E-state index >= 15 is 0 Å². The molecule has 0 bridgehead atoms. The summed E-state index contributed by atoms with van der Waals surface area (Å²) in [5.74, 6) is 0.583. The van der Waals surface area contributed by atoms with Crippen LogP contribution in [0.2, 0.25) is 5.02 Å². The van der Waals surface area contributed by atoms with Gasteiger partial charge in [0.1, 0.15) is 5.75 Å². The van der Waals surface area contributed by atoms with Crippen molar-refractivity contribution < 1.29 is 9.53 Å². The minimum absolute atomic E-state index is 0.0233. The Morgan fingerprint density at radius 1 is 1.04 bits per heavy atom. The molecule has 0 unspecified atom stereocenters. The second kappa shape index (κ2) is 8.20. The van der Waals surface area contributed by atoms with E-state index in [1.165, 1.54) is 5.56 Å². The van der Waals surface area contributed by atoms with Gasteiger partial charge in [-0.25, -0.2) is 0 Å². The van der Waals surface area contributed by atoms with Gasteiger partial charge in [-0.15, -0.1) is 0 Å². The van der Waals surface area contributed by atoms with Crippen LogP contribution in [0, 0.1) is 0 Å². The van der Waals surface area contributed by atoms with Gasteiger partial charge in [0.25, 0.3) is 5.91 Å². The minimum Gasteiger partial charge on any atom is -0.484 e. The molecule has 0 heterocycles. The average molecular weight is 346 g/mol. The molecule has 2 aromatic carbocycles. The number of benzene rings is 2. The van der Waals surface area contributed by atoms with Gasteiger partial charge in [0.2, 0.25) is 0 Å². The Morgan fingerprint density at radius 3 is 2.25 bits per heavy atom. The molecule has 0 aliphatic carbocycles. The zero-order valence-corrected chi connectivity index (χ0v) is 15.2. The Morgan fingerprint density at radius 2 is 1.67 bits per heavy atom. The predicted octanol–water partition coefficient (Wildman–Crippen LogP) is 4.38. The van der Waals surface area contributed by atoms with Gasteiger partial charge >= 0.3 is 0 Å². The quantitative estimate of drug-likeness (QED) is 0.844. The van der Waals surface area contributed by atoms with Crippen LogP contribution in [0.3, 0.4) is 0 Å². The van der Waals surface area contributed by atoms with Crippen molar-refractivity contribution in [3.63, 3.8) is 0 Å². The Balaban J connectivity index is 1.72. The standard InChI is InChI=1S/C20H24ClNO2/c1-20(2,3)16-6-10-18(11-7-16)24-14-19(23)22-13-12-15-4-8-17(21)9-5-15/h4-11H,12-14H2,1-3H3,(H,22,23). The molecule has 3 nitrogen and oxygen atoms in total. The summed E-state index contributed by atoms with van der Waals surface area (Å²) < 4.78 is 5.52. The molecule has 2 rings (SSSR count). The van der Waals surface area contributed by atoms with E-state index in [-0.39, 0.29) is 17.9 Å². The molecule has 0 aliphatic heterocycles. The molecule has 1 N–H and O–H groups in total. The number of nitrogens with one attached hydrogen (secondary N) is 1. The lowest BCUT2D eigenvalue weighted by molar-refractivity contribution is -0.123. The highest BCUT2D eigenvalue weighted by Gasteiger charge is 2.13. The molecule has 1 amide bonds. The molecule has 0 aliphatic rings. The third-order valence-corrected chi connectivity index (χ3v) is 3.99. The topological polar surface area (TPSA) is 38.3 Å². The maximum Gasteiger partial charge on any atom is 0.257 e. The van der Waals surface area contributed by atoms with Crippen molar-refractivity contribution in [2.24, 2.45) is 0 Å². The van der Waals surface area contributed by atoms with Crippen LogP contribution in [-0.2, 0) is 16.6 Å². The third-order valence-electron chi connectivity index (χ3n) is 3.74. The van der Waals surface area contributed by atoms with Gasteiger partial charge in [-0.2, -0.15) is 0 Å². The molecule has 2 aromatic rings. The fraction of sp³-hybridized carbons (Fsp3) is 0.350. The molecule has 0 radical (unpaired) electrons. The molecular weight excluding hydrogens is 322 g/mol. The Bertz CT molecular complexity index is 658. The Kier molecular flexibility index (Phi) is 6.27. The van der Waals surface area contributed by atoms with Gasteiger partial charge < -0.3 is 10.1 Å². The lowest BCUT2D eigenvalue weighted by Crippen LogP contribution is -2.30. The monoisotopic (exact) mass is 345 g/mol. The third kappa shape index (κ3) is 5.89. The number of hydrogen-bond acceptors (Lipinski definition) is 2. The molecule has 0 spiro atoms. The highest BCUT2D eigenvalue weighted by molar-refractivity contribution is 6.30. The average Bonchev–Trinajstić information content (AvgIpc) is 2.54. The number of ether oxygens (including phenoxy) is 1. The van der Waals surface area contributed by atoms with E-state index in [4.69, 9.17) is 16.3 Å². The van der Waals surface area contributed by atoms with E-state index in [0.29, 0.717) is 17.3 Å². The van der Waals surface area contributed by atoms with E-state index in [1.54, 1.807) is 0 Å². The summed E-state index contributed by atoms with van der Waals surface area (Å²) in [6, 6.07) is 15.5. The first-order chi connectivity index (χ1) is 11.3. The van der Waals surface area contributed by atoms with Gasteiger partial charge in [-0.05, 0) is 47.2 Å². The van der Waals surface area contributed by atoms with Gasteiger partial charge in [-0.3, -0.25) is 4.79 Å². The van der Waals surface area contributed by atoms with Gasteiger partial charge in [0.05, 0.1) is 0 Å². The summed E-state index contributed by atoms with van der Waals surface area (Å²) in [7, 11) is 0. The van der Waals surface area contributed by atoms with Gasteiger partial charge in [0, 0.05) is 11.6 Å². The van der Waals surface area contributed by atoms with Crippen LogP contribution in [0.5, 0.6) is 5.75 Å². The first-order valence-electron chi connectivity index (χ1n) is 8.09. The molecule has 128 valence electrons. The predicted molar refractivity (Wildman–Crippen MR) is 98.8 cm³/mol. The van der Waals surface area contributed by atoms with E-state index in [0.717, 1.165) is 12.0 Å². The van der Waals surface area contributed by atoms with Gasteiger partial charge in [0.15, 0.2) is 6.61 Å². The summed E-state index contributed by atoms with van der Waals surface area (Å²) in [5.41, 5.74) is 2.48. The molecule has 0 fully saturated rings. The van der Waals surface area contributed by atoms with Crippen molar-refractivity contribution in [1.29, 1.82) is 0 Å². The fourth-order valence-corrected chi connectivity index (χ4v) is 2.37.